The van der Waals surface area contributed by atoms with Gasteiger partial charge in [-0.25, -0.2) is 9.18 Å². The van der Waals surface area contributed by atoms with Crippen molar-refractivity contribution in [3.63, 3.8) is 0 Å². The van der Waals surface area contributed by atoms with Crippen LogP contribution in [0, 0.1) is 5.82 Å². The lowest BCUT2D eigenvalue weighted by Crippen LogP contribution is -2.16. The highest BCUT2D eigenvalue weighted by Gasteiger charge is 2.37. The fraction of sp³-hybridized carbons (Fsp3) is 0.231. The summed E-state index contributed by atoms with van der Waals surface area (Å²) in [6.45, 7) is -0.446. The van der Waals surface area contributed by atoms with Gasteiger partial charge in [0.15, 0.2) is 5.69 Å². The van der Waals surface area contributed by atoms with E-state index in [1.807, 2.05) is 0 Å². The molecule has 0 bridgehead atoms. The third-order valence-electron chi connectivity index (χ3n) is 2.74. The van der Waals surface area contributed by atoms with Crippen LogP contribution in [0.2, 0.25) is 0 Å². The van der Waals surface area contributed by atoms with Crippen LogP contribution in [0.4, 0.5) is 17.6 Å². The Morgan fingerprint density at radius 1 is 1.33 bits per heavy atom. The first-order chi connectivity index (χ1) is 9.82. The molecular weight excluding hydrogens is 292 g/mol. The topological polar surface area (TPSA) is 44.1 Å². The molecule has 0 radical (unpaired) electrons. The van der Waals surface area contributed by atoms with Crippen LogP contribution in [0.3, 0.4) is 0 Å². The molecule has 8 heteroatoms. The normalized spacial score (nSPS) is 11.5. The number of carbonyl (C=O) groups excluding carboxylic acids is 1. The van der Waals surface area contributed by atoms with E-state index in [0.29, 0.717) is 10.7 Å². The van der Waals surface area contributed by atoms with E-state index in [4.69, 9.17) is 0 Å². The molecule has 4 nitrogen and oxygen atoms in total. The van der Waals surface area contributed by atoms with Gasteiger partial charge in [0.05, 0.1) is 13.7 Å². The molecule has 0 saturated heterocycles. The zero-order chi connectivity index (χ0) is 15.6. The molecule has 0 aliphatic rings. The summed E-state index contributed by atoms with van der Waals surface area (Å²) in [5.41, 5.74) is -1.60. The van der Waals surface area contributed by atoms with Crippen LogP contribution in [0.1, 0.15) is 21.7 Å². The first kappa shape index (κ1) is 15.0. The number of aromatic nitrogens is 2. The molecule has 0 saturated carbocycles. The van der Waals surface area contributed by atoms with Crippen LogP contribution in [-0.2, 0) is 17.5 Å². The number of alkyl halides is 3. The number of hydrogen-bond donors (Lipinski definition) is 0. The average Bonchev–Trinajstić information content (AvgIpc) is 2.84. The first-order valence-corrected chi connectivity index (χ1v) is 5.79. The zero-order valence-electron chi connectivity index (χ0n) is 10.8. The van der Waals surface area contributed by atoms with Gasteiger partial charge in [0.1, 0.15) is 11.5 Å². The Hall–Kier alpha value is -2.38. The second-order valence-electron chi connectivity index (χ2n) is 4.15. The number of nitrogens with zero attached hydrogens (tertiary/aromatic N) is 2. The average molecular weight is 302 g/mol. The van der Waals surface area contributed by atoms with Gasteiger partial charge in [0, 0.05) is 11.6 Å². The molecule has 0 amide bonds. The Kier molecular flexibility index (Phi) is 3.97. The van der Waals surface area contributed by atoms with Gasteiger partial charge >= 0.3 is 12.1 Å². The summed E-state index contributed by atoms with van der Waals surface area (Å²) in [6, 6.07) is 5.97. The van der Waals surface area contributed by atoms with Crippen molar-refractivity contribution in [1.82, 2.24) is 9.78 Å². The Morgan fingerprint density at radius 3 is 2.57 bits per heavy atom. The number of rotatable bonds is 3. The van der Waals surface area contributed by atoms with Crippen molar-refractivity contribution in [2.45, 2.75) is 12.7 Å². The summed E-state index contributed by atoms with van der Waals surface area (Å²) in [4.78, 5) is 11.3. The summed E-state index contributed by atoms with van der Waals surface area (Å²) < 4.78 is 57.2. The summed E-state index contributed by atoms with van der Waals surface area (Å²) in [5, 5.41) is 3.54. The van der Waals surface area contributed by atoms with E-state index in [0.717, 1.165) is 13.2 Å². The number of ether oxygens (including phenoxy) is 1. The van der Waals surface area contributed by atoms with E-state index in [2.05, 4.69) is 9.84 Å². The molecule has 0 spiro atoms. The van der Waals surface area contributed by atoms with E-state index in [1.54, 1.807) is 0 Å². The highest BCUT2D eigenvalue weighted by Crippen LogP contribution is 2.30. The lowest BCUT2D eigenvalue weighted by molar-refractivity contribution is -0.144. The lowest BCUT2D eigenvalue weighted by Gasteiger charge is -2.10. The molecule has 112 valence electrons. The molecule has 0 fully saturated rings. The van der Waals surface area contributed by atoms with Crippen LogP contribution in [-0.4, -0.2) is 22.9 Å². The second-order valence-corrected chi connectivity index (χ2v) is 4.15. The number of hydrogen-bond acceptors (Lipinski definition) is 3. The predicted molar refractivity (Wildman–Crippen MR) is 64.1 cm³/mol. The standard InChI is InChI=1S/C13H10F4N2O2/c1-21-12(20)10-6-11(13(15,16)17)19(18-10)7-8-4-2-3-5-9(8)14/h2-6H,7H2,1H3. The zero-order valence-corrected chi connectivity index (χ0v) is 10.8. The second kappa shape index (κ2) is 5.55. The molecule has 0 unspecified atom stereocenters. The molecule has 1 aromatic carbocycles. The van der Waals surface area contributed by atoms with E-state index in [1.165, 1.54) is 18.2 Å². The van der Waals surface area contributed by atoms with Crippen molar-refractivity contribution in [3.8, 4) is 0 Å². The van der Waals surface area contributed by atoms with Crippen LogP contribution < -0.4 is 0 Å². The summed E-state index contributed by atoms with van der Waals surface area (Å²) in [7, 11) is 1.03. The van der Waals surface area contributed by atoms with Crippen LogP contribution in [0.5, 0.6) is 0 Å². The highest BCUT2D eigenvalue weighted by atomic mass is 19.4. The Bertz CT molecular complexity index is 664. The van der Waals surface area contributed by atoms with Crippen molar-refractivity contribution in [2.75, 3.05) is 7.11 Å². The molecule has 0 atom stereocenters. The smallest absolute Gasteiger partial charge is 0.433 e. The molecule has 0 aliphatic carbocycles. The van der Waals surface area contributed by atoms with E-state index in [9.17, 15) is 22.4 Å². The minimum absolute atomic E-state index is 0.0301. The van der Waals surface area contributed by atoms with Gasteiger partial charge < -0.3 is 4.74 Å². The molecule has 0 aliphatic heterocycles. The van der Waals surface area contributed by atoms with Gasteiger partial charge in [-0.2, -0.15) is 18.3 Å². The fourth-order valence-corrected chi connectivity index (χ4v) is 1.76. The molecule has 1 aromatic heterocycles. The summed E-state index contributed by atoms with van der Waals surface area (Å²) >= 11 is 0. The predicted octanol–water partition coefficient (Wildman–Crippen LogP) is 2.88. The third kappa shape index (κ3) is 3.21. The SMILES string of the molecule is COC(=O)c1cc(C(F)(F)F)n(Cc2ccccc2F)n1. The number of methoxy groups -OCH3 is 1. The summed E-state index contributed by atoms with van der Waals surface area (Å²) in [5.74, 6) is -1.64. The highest BCUT2D eigenvalue weighted by molar-refractivity contribution is 5.87. The van der Waals surface area contributed by atoms with Gasteiger partial charge in [0.2, 0.25) is 0 Å². The minimum Gasteiger partial charge on any atom is -0.464 e. The van der Waals surface area contributed by atoms with Gasteiger partial charge in [-0.3, -0.25) is 4.68 Å². The Labute approximate surface area is 116 Å². The van der Waals surface area contributed by atoms with Crippen molar-refractivity contribution in [3.05, 3.63) is 53.1 Å². The third-order valence-corrected chi connectivity index (χ3v) is 2.74. The Morgan fingerprint density at radius 2 is 2.00 bits per heavy atom. The van der Waals surface area contributed by atoms with Gasteiger partial charge in [-0.1, -0.05) is 18.2 Å². The maximum atomic E-state index is 13.5. The molecule has 2 aromatic rings. The molecule has 2 rings (SSSR count). The number of benzene rings is 1. The van der Waals surface area contributed by atoms with Gasteiger partial charge in [0.25, 0.3) is 0 Å². The van der Waals surface area contributed by atoms with Crippen molar-refractivity contribution >= 4 is 5.97 Å². The van der Waals surface area contributed by atoms with E-state index >= 15 is 0 Å². The maximum absolute atomic E-state index is 13.5. The largest absolute Gasteiger partial charge is 0.464 e. The number of carbonyl (C=O) groups is 1. The van der Waals surface area contributed by atoms with Crippen LogP contribution >= 0.6 is 0 Å². The number of esters is 1. The van der Waals surface area contributed by atoms with E-state index < -0.39 is 35.9 Å². The van der Waals surface area contributed by atoms with Crippen LogP contribution in [0.15, 0.2) is 30.3 Å². The summed E-state index contributed by atoms with van der Waals surface area (Å²) in [6.07, 6.45) is -4.72. The molecule has 21 heavy (non-hydrogen) atoms. The lowest BCUT2D eigenvalue weighted by atomic mass is 10.2. The van der Waals surface area contributed by atoms with Crippen molar-refractivity contribution < 1.29 is 27.1 Å². The van der Waals surface area contributed by atoms with Crippen LogP contribution in [0.25, 0.3) is 0 Å². The number of halogens is 4. The quantitative estimate of drug-likeness (QED) is 0.647. The van der Waals surface area contributed by atoms with Crippen molar-refractivity contribution in [1.29, 1.82) is 0 Å². The first-order valence-electron chi connectivity index (χ1n) is 5.79. The molecular formula is C13H10F4N2O2. The maximum Gasteiger partial charge on any atom is 0.433 e. The minimum atomic E-state index is -4.72. The van der Waals surface area contributed by atoms with Gasteiger partial charge in [-0.15, -0.1) is 0 Å². The van der Waals surface area contributed by atoms with E-state index in [-0.39, 0.29) is 5.56 Å². The molecule has 0 N–H and O–H groups in total. The fourth-order valence-electron chi connectivity index (χ4n) is 1.76. The van der Waals surface area contributed by atoms with Crippen molar-refractivity contribution in [2.24, 2.45) is 0 Å². The van der Waals surface area contributed by atoms with Gasteiger partial charge in [-0.05, 0) is 6.07 Å². The molecule has 1 heterocycles. The monoisotopic (exact) mass is 302 g/mol. The Balaban J connectivity index is 2.44.